The van der Waals surface area contributed by atoms with Gasteiger partial charge in [0.2, 0.25) is 5.91 Å². The molecular weight excluding hydrogens is 240 g/mol. The van der Waals surface area contributed by atoms with Gasteiger partial charge in [-0.2, -0.15) is 0 Å². The molecule has 1 aliphatic rings. The molecule has 0 saturated heterocycles. The van der Waals surface area contributed by atoms with Crippen LogP contribution >= 0.6 is 0 Å². The van der Waals surface area contributed by atoms with Crippen LogP contribution in [0.25, 0.3) is 0 Å². The van der Waals surface area contributed by atoms with Crippen LogP contribution in [0.15, 0.2) is 24.3 Å². The Balaban J connectivity index is 1.89. The van der Waals surface area contributed by atoms with Crippen molar-refractivity contribution in [2.75, 3.05) is 0 Å². The summed E-state index contributed by atoms with van der Waals surface area (Å²) in [5.74, 6) is 0.132. The van der Waals surface area contributed by atoms with Crippen LogP contribution in [0.4, 0.5) is 0 Å². The van der Waals surface area contributed by atoms with Crippen LogP contribution in [0.1, 0.15) is 36.8 Å². The van der Waals surface area contributed by atoms with Gasteiger partial charge in [-0.3, -0.25) is 4.79 Å². The standard InChI is InChI=1S/C15H22N2O2/c16-14-7-3-6-11(8-14)15(19)17-9-12-4-1-2-5-13(12)10-18/h1-2,4-5,11,14,18H,3,6-10,16H2,(H,17,19)/t11-,14-/m0/s1. The molecule has 0 radical (unpaired) electrons. The minimum Gasteiger partial charge on any atom is -0.392 e. The van der Waals surface area contributed by atoms with Crippen molar-refractivity contribution in [2.24, 2.45) is 11.7 Å². The van der Waals surface area contributed by atoms with Gasteiger partial charge in [-0.15, -0.1) is 0 Å². The molecule has 0 aromatic heterocycles. The lowest BCUT2D eigenvalue weighted by molar-refractivity contribution is -0.126. The maximum absolute atomic E-state index is 12.1. The number of rotatable bonds is 4. The third-order valence-corrected chi connectivity index (χ3v) is 3.83. The molecule has 0 spiro atoms. The van der Waals surface area contributed by atoms with Gasteiger partial charge in [0.15, 0.2) is 0 Å². The average Bonchev–Trinajstić information content (AvgIpc) is 2.45. The average molecular weight is 262 g/mol. The highest BCUT2D eigenvalue weighted by Gasteiger charge is 2.25. The number of amides is 1. The van der Waals surface area contributed by atoms with Crippen molar-refractivity contribution >= 4 is 5.91 Å². The summed E-state index contributed by atoms with van der Waals surface area (Å²) < 4.78 is 0. The Morgan fingerprint density at radius 2 is 2.05 bits per heavy atom. The zero-order valence-corrected chi connectivity index (χ0v) is 11.1. The summed E-state index contributed by atoms with van der Waals surface area (Å²) in [5, 5.41) is 12.2. The predicted octanol–water partition coefficient (Wildman–Crippen LogP) is 1.31. The first-order chi connectivity index (χ1) is 9.20. The fourth-order valence-corrected chi connectivity index (χ4v) is 2.68. The number of aliphatic hydroxyl groups is 1. The Morgan fingerprint density at radius 1 is 1.32 bits per heavy atom. The fraction of sp³-hybridized carbons (Fsp3) is 0.533. The Bertz CT molecular complexity index is 434. The smallest absolute Gasteiger partial charge is 0.223 e. The molecule has 1 aliphatic carbocycles. The molecule has 2 rings (SSSR count). The zero-order valence-electron chi connectivity index (χ0n) is 11.1. The first kappa shape index (κ1) is 14.0. The van der Waals surface area contributed by atoms with Crippen LogP contribution in [0.2, 0.25) is 0 Å². The van der Waals surface area contributed by atoms with Gasteiger partial charge in [0.1, 0.15) is 0 Å². The van der Waals surface area contributed by atoms with Crippen molar-refractivity contribution in [1.29, 1.82) is 0 Å². The number of nitrogens with two attached hydrogens (primary N) is 1. The minimum atomic E-state index is 0.000344. The molecule has 4 N–H and O–H groups in total. The maximum atomic E-state index is 12.1. The lowest BCUT2D eigenvalue weighted by Gasteiger charge is -2.25. The van der Waals surface area contributed by atoms with Crippen molar-refractivity contribution in [3.8, 4) is 0 Å². The van der Waals surface area contributed by atoms with E-state index in [9.17, 15) is 9.90 Å². The predicted molar refractivity (Wildman–Crippen MR) is 74.1 cm³/mol. The van der Waals surface area contributed by atoms with Crippen molar-refractivity contribution in [2.45, 2.75) is 44.9 Å². The van der Waals surface area contributed by atoms with Gasteiger partial charge in [-0.1, -0.05) is 30.7 Å². The van der Waals surface area contributed by atoms with Gasteiger partial charge < -0.3 is 16.2 Å². The second-order valence-corrected chi connectivity index (χ2v) is 5.27. The van der Waals surface area contributed by atoms with Crippen LogP contribution in [-0.2, 0) is 17.9 Å². The molecule has 104 valence electrons. The Kier molecular flexibility index (Phi) is 4.93. The van der Waals surface area contributed by atoms with Crippen molar-refractivity contribution in [3.63, 3.8) is 0 Å². The van der Waals surface area contributed by atoms with Crippen LogP contribution in [0.5, 0.6) is 0 Å². The van der Waals surface area contributed by atoms with Gasteiger partial charge in [0, 0.05) is 18.5 Å². The van der Waals surface area contributed by atoms with Gasteiger partial charge in [0.05, 0.1) is 6.61 Å². The van der Waals surface area contributed by atoms with E-state index in [1.165, 1.54) is 0 Å². The molecule has 4 nitrogen and oxygen atoms in total. The Morgan fingerprint density at radius 3 is 2.74 bits per heavy atom. The van der Waals surface area contributed by atoms with E-state index in [-0.39, 0.29) is 24.5 Å². The van der Waals surface area contributed by atoms with Crippen LogP contribution < -0.4 is 11.1 Å². The number of carbonyl (C=O) groups excluding carboxylic acids is 1. The van der Waals surface area contributed by atoms with Crippen molar-refractivity contribution < 1.29 is 9.90 Å². The molecule has 4 heteroatoms. The molecule has 0 aliphatic heterocycles. The molecule has 0 bridgehead atoms. The minimum absolute atomic E-state index is 0.000344. The van der Waals surface area contributed by atoms with Crippen molar-refractivity contribution in [1.82, 2.24) is 5.32 Å². The largest absolute Gasteiger partial charge is 0.392 e. The second kappa shape index (κ2) is 6.68. The summed E-state index contributed by atoms with van der Waals surface area (Å²) in [6.07, 6.45) is 3.78. The molecule has 19 heavy (non-hydrogen) atoms. The van der Waals surface area contributed by atoms with Gasteiger partial charge in [-0.05, 0) is 30.4 Å². The third-order valence-electron chi connectivity index (χ3n) is 3.83. The topological polar surface area (TPSA) is 75.4 Å². The van der Waals surface area contributed by atoms with E-state index in [0.717, 1.165) is 36.8 Å². The van der Waals surface area contributed by atoms with E-state index in [0.29, 0.717) is 6.54 Å². The number of nitrogens with one attached hydrogen (secondary N) is 1. The normalized spacial score (nSPS) is 23.1. The summed E-state index contributed by atoms with van der Waals surface area (Å²) >= 11 is 0. The number of hydrogen-bond donors (Lipinski definition) is 3. The highest BCUT2D eigenvalue weighted by Crippen LogP contribution is 2.23. The fourth-order valence-electron chi connectivity index (χ4n) is 2.68. The monoisotopic (exact) mass is 262 g/mol. The van der Waals surface area contributed by atoms with Crippen LogP contribution in [0, 0.1) is 5.92 Å². The van der Waals surface area contributed by atoms with Crippen LogP contribution in [-0.4, -0.2) is 17.1 Å². The van der Waals surface area contributed by atoms with Crippen molar-refractivity contribution in [3.05, 3.63) is 35.4 Å². The summed E-state index contributed by atoms with van der Waals surface area (Å²) in [6.45, 7) is 0.474. The Hall–Kier alpha value is -1.39. The van der Waals surface area contributed by atoms with Gasteiger partial charge in [0.25, 0.3) is 0 Å². The number of hydrogen-bond acceptors (Lipinski definition) is 3. The first-order valence-electron chi connectivity index (χ1n) is 6.91. The molecule has 1 amide bonds. The highest BCUT2D eigenvalue weighted by molar-refractivity contribution is 5.78. The number of benzene rings is 1. The van der Waals surface area contributed by atoms with E-state index < -0.39 is 0 Å². The van der Waals surface area contributed by atoms with Crippen LogP contribution in [0.3, 0.4) is 0 Å². The molecule has 1 saturated carbocycles. The van der Waals surface area contributed by atoms with E-state index in [1.807, 2.05) is 24.3 Å². The van der Waals surface area contributed by atoms with Gasteiger partial charge in [-0.25, -0.2) is 0 Å². The first-order valence-corrected chi connectivity index (χ1v) is 6.91. The van der Waals surface area contributed by atoms with Gasteiger partial charge >= 0.3 is 0 Å². The zero-order chi connectivity index (χ0) is 13.7. The number of aliphatic hydroxyl groups excluding tert-OH is 1. The molecule has 0 unspecified atom stereocenters. The van der Waals surface area contributed by atoms with E-state index in [2.05, 4.69) is 5.32 Å². The van der Waals surface area contributed by atoms with E-state index in [4.69, 9.17) is 5.73 Å². The molecule has 1 fully saturated rings. The lowest BCUT2D eigenvalue weighted by atomic mass is 9.85. The maximum Gasteiger partial charge on any atom is 0.223 e. The molecular formula is C15H22N2O2. The highest BCUT2D eigenvalue weighted by atomic mass is 16.3. The SMILES string of the molecule is N[C@H]1CCC[C@H](C(=O)NCc2ccccc2CO)C1. The molecule has 0 heterocycles. The van der Waals surface area contributed by atoms with E-state index >= 15 is 0 Å². The summed E-state index contributed by atoms with van der Waals surface area (Å²) in [5.41, 5.74) is 7.74. The number of carbonyl (C=O) groups is 1. The summed E-state index contributed by atoms with van der Waals surface area (Å²) in [4.78, 5) is 12.1. The molecule has 1 aromatic carbocycles. The lowest BCUT2D eigenvalue weighted by Crippen LogP contribution is -2.37. The van der Waals surface area contributed by atoms with E-state index in [1.54, 1.807) is 0 Å². The summed E-state index contributed by atoms with van der Waals surface area (Å²) in [7, 11) is 0. The summed E-state index contributed by atoms with van der Waals surface area (Å²) in [6, 6.07) is 7.76. The molecule has 2 atom stereocenters. The molecule has 1 aromatic rings. The second-order valence-electron chi connectivity index (χ2n) is 5.27. The quantitative estimate of drug-likeness (QED) is 0.766. The third kappa shape index (κ3) is 3.78. The Labute approximate surface area is 114 Å².